The number of nitrogens with zero attached hydrogens (tertiary/aromatic N) is 2. The van der Waals surface area contributed by atoms with E-state index in [-0.39, 0.29) is 17.4 Å². The van der Waals surface area contributed by atoms with E-state index in [4.69, 9.17) is 4.42 Å². The highest BCUT2D eigenvalue weighted by molar-refractivity contribution is 7.91. The maximum Gasteiger partial charge on any atom is 0.241 e. The molecule has 2 heterocycles. The lowest BCUT2D eigenvalue weighted by Crippen LogP contribution is -2.47. The summed E-state index contributed by atoms with van der Waals surface area (Å²) in [5.74, 6) is 0.561. The lowest BCUT2D eigenvalue weighted by atomic mass is 10.0. The van der Waals surface area contributed by atoms with Gasteiger partial charge >= 0.3 is 0 Å². The van der Waals surface area contributed by atoms with Gasteiger partial charge in [-0.1, -0.05) is 48.5 Å². The highest BCUT2D eigenvalue weighted by Crippen LogP contribution is 2.23. The number of rotatable bonds is 7. The monoisotopic (exact) mass is 439 g/mol. The van der Waals surface area contributed by atoms with Crippen LogP contribution in [0.4, 0.5) is 0 Å². The summed E-state index contributed by atoms with van der Waals surface area (Å²) in [6.45, 7) is 1.10. The topological polar surface area (TPSA) is 92.5 Å². The number of carbonyl (C=O) groups is 1. The lowest BCUT2D eigenvalue weighted by Gasteiger charge is -2.33. The molecule has 0 aliphatic carbocycles. The molecule has 1 saturated heterocycles. The Bertz CT molecular complexity index is 1100. The summed E-state index contributed by atoms with van der Waals surface area (Å²) in [6, 6.07) is 18.6. The molecule has 1 amide bonds. The molecule has 0 bridgehead atoms. The molecule has 162 valence electrons. The fourth-order valence-corrected chi connectivity index (χ4v) is 4.92. The minimum absolute atomic E-state index is 0.0742. The normalized spacial score (nSPS) is 17.2. The number of aromatic nitrogens is 1. The van der Waals surface area contributed by atoms with E-state index in [1.54, 1.807) is 6.26 Å². The van der Waals surface area contributed by atoms with Gasteiger partial charge in [0.15, 0.2) is 9.84 Å². The van der Waals surface area contributed by atoms with Crippen LogP contribution >= 0.6 is 0 Å². The Hall–Kier alpha value is -2.97. The van der Waals surface area contributed by atoms with Crippen LogP contribution in [0.25, 0.3) is 11.5 Å². The Kier molecular flexibility index (Phi) is 6.48. The van der Waals surface area contributed by atoms with Crippen LogP contribution in [0.2, 0.25) is 0 Å². The minimum atomic E-state index is -3.02. The average Bonchev–Trinajstić information content (AvgIpc) is 3.25. The van der Waals surface area contributed by atoms with E-state index in [1.807, 2.05) is 65.6 Å². The first kappa shape index (κ1) is 21.3. The number of hydrogen-bond donors (Lipinski definition) is 1. The molecule has 1 N–H and O–H groups in total. The largest absolute Gasteiger partial charge is 0.444 e. The molecule has 1 aliphatic rings. The molecule has 8 heteroatoms. The van der Waals surface area contributed by atoms with Crippen molar-refractivity contribution in [3.05, 3.63) is 78.2 Å². The minimum Gasteiger partial charge on any atom is -0.444 e. The van der Waals surface area contributed by atoms with Crippen LogP contribution in [0.1, 0.15) is 17.3 Å². The number of nitrogens with one attached hydrogen (secondary N) is 1. The van der Waals surface area contributed by atoms with Crippen LogP contribution in [-0.2, 0) is 21.1 Å². The third kappa shape index (κ3) is 5.39. The fraction of sp³-hybridized carbons (Fsp3) is 0.304. The van der Waals surface area contributed by atoms with Gasteiger partial charge in [-0.25, -0.2) is 13.4 Å². The summed E-state index contributed by atoms with van der Waals surface area (Å²) in [7, 11) is -3.02. The second-order valence-corrected chi connectivity index (χ2v) is 9.86. The van der Waals surface area contributed by atoms with Crippen molar-refractivity contribution in [2.75, 3.05) is 31.1 Å². The molecule has 4 rings (SSSR count). The lowest BCUT2D eigenvalue weighted by molar-refractivity contribution is -0.126. The Morgan fingerprint density at radius 3 is 2.35 bits per heavy atom. The van der Waals surface area contributed by atoms with Gasteiger partial charge in [-0.3, -0.25) is 9.69 Å². The molecule has 31 heavy (non-hydrogen) atoms. The zero-order valence-corrected chi connectivity index (χ0v) is 17.9. The summed E-state index contributed by atoms with van der Waals surface area (Å²) in [4.78, 5) is 19.5. The smallest absolute Gasteiger partial charge is 0.241 e. The number of sulfone groups is 1. The first-order chi connectivity index (χ1) is 15.0. The third-order valence-corrected chi connectivity index (χ3v) is 6.97. The first-order valence-corrected chi connectivity index (χ1v) is 12.1. The van der Waals surface area contributed by atoms with Crippen molar-refractivity contribution < 1.29 is 17.6 Å². The van der Waals surface area contributed by atoms with Crippen LogP contribution in [0, 0.1) is 0 Å². The molecule has 1 unspecified atom stereocenters. The Labute approximate surface area is 182 Å². The van der Waals surface area contributed by atoms with Crippen molar-refractivity contribution in [3.63, 3.8) is 0 Å². The molecule has 1 aromatic heterocycles. The summed E-state index contributed by atoms with van der Waals surface area (Å²) in [5.41, 5.74) is 2.52. The van der Waals surface area contributed by atoms with Gasteiger partial charge in [0.05, 0.1) is 17.2 Å². The Morgan fingerprint density at radius 1 is 1.03 bits per heavy atom. The first-order valence-electron chi connectivity index (χ1n) is 10.3. The van der Waals surface area contributed by atoms with Gasteiger partial charge in [0.2, 0.25) is 11.8 Å². The number of oxazole rings is 1. The maximum atomic E-state index is 13.1. The number of amides is 1. The van der Waals surface area contributed by atoms with Crippen LogP contribution in [-0.4, -0.2) is 55.3 Å². The second kappa shape index (κ2) is 9.45. The second-order valence-electron chi connectivity index (χ2n) is 7.55. The van der Waals surface area contributed by atoms with Crippen LogP contribution in [0.5, 0.6) is 0 Å². The summed E-state index contributed by atoms with van der Waals surface area (Å²) in [6.07, 6.45) is 2.15. The quantitative estimate of drug-likeness (QED) is 0.608. The molecule has 0 spiro atoms. The molecule has 0 saturated carbocycles. The molecule has 2 aromatic carbocycles. The third-order valence-electron chi connectivity index (χ3n) is 5.36. The SMILES string of the molecule is O=C(NCCc1coc(-c2ccccc2)n1)C(c1ccccc1)N1CCS(=O)(=O)CC1. The van der Waals surface area contributed by atoms with Crippen molar-refractivity contribution in [2.45, 2.75) is 12.5 Å². The van der Waals surface area contributed by atoms with Crippen molar-refractivity contribution in [2.24, 2.45) is 0 Å². The average molecular weight is 440 g/mol. The van der Waals surface area contributed by atoms with E-state index in [2.05, 4.69) is 10.3 Å². The van der Waals surface area contributed by atoms with Crippen molar-refractivity contribution in [1.82, 2.24) is 15.2 Å². The van der Waals surface area contributed by atoms with Crippen LogP contribution in [0.15, 0.2) is 71.3 Å². The Morgan fingerprint density at radius 2 is 1.68 bits per heavy atom. The number of benzene rings is 2. The van der Waals surface area contributed by atoms with Crippen LogP contribution in [0.3, 0.4) is 0 Å². The van der Waals surface area contributed by atoms with Gasteiger partial charge in [0.1, 0.15) is 12.3 Å². The summed E-state index contributed by atoms with van der Waals surface area (Å²) < 4.78 is 29.2. The van der Waals surface area contributed by atoms with E-state index in [0.717, 1.165) is 16.8 Å². The van der Waals surface area contributed by atoms with E-state index in [1.165, 1.54) is 0 Å². The number of carbonyl (C=O) groups excluding carboxylic acids is 1. The molecule has 1 atom stereocenters. The highest BCUT2D eigenvalue weighted by Gasteiger charge is 2.32. The Balaban J connectivity index is 1.39. The standard InChI is InChI=1S/C23H25N3O4S/c27-22(24-12-11-20-17-30-23(25-20)19-9-5-2-6-10-19)21(18-7-3-1-4-8-18)26-13-15-31(28,29)16-14-26/h1-10,17,21H,11-16H2,(H,24,27). The molecular weight excluding hydrogens is 414 g/mol. The van der Waals surface area contributed by atoms with Gasteiger partial charge in [0, 0.05) is 31.6 Å². The zero-order chi connectivity index (χ0) is 21.7. The van der Waals surface area contributed by atoms with Crippen molar-refractivity contribution >= 4 is 15.7 Å². The van der Waals surface area contributed by atoms with Gasteiger partial charge < -0.3 is 9.73 Å². The number of hydrogen-bond acceptors (Lipinski definition) is 6. The van der Waals surface area contributed by atoms with Gasteiger partial charge in [-0.05, 0) is 17.7 Å². The van der Waals surface area contributed by atoms with E-state index < -0.39 is 15.9 Å². The van der Waals surface area contributed by atoms with E-state index in [9.17, 15) is 13.2 Å². The molecule has 7 nitrogen and oxygen atoms in total. The van der Waals surface area contributed by atoms with Gasteiger partial charge in [-0.2, -0.15) is 0 Å². The van der Waals surface area contributed by atoms with Crippen LogP contribution < -0.4 is 5.32 Å². The van der Waals surface area contributed by atoms with Gasteiger partial charge in [-0.15, -0.1) is 0 Å². The molecule has 0 radical (unpaired) electrons. The fourth-order valence-electron chi connectivity index (χ4n) is 3.69. The molecule has 1 fully saturated rings. The predicted octanol–water partition coefficient (Wildman–Crippen LogP) is 2.47. The predicted molar refractivity (Wildman–Crippen MR) is 118 cm³/mol. The van der Waals surface area contributed by atoms with E-state index >= 15 is 0 Å². The molecular formula is C23H25N3O4S. The van der Waals surface area contributed by atoms with Crippen molar-refractivity contribution in [1.29, 1.82) is 0 Å². The molecule has 3 aromatic rings. The summed E-state index contributed by atoms with van der Waals surface area (Å²) >= 11 is 0. The van der Waals surface area contributed by atoms with Crippen molar-refractivity contribution in [3.8, 4) is 11.5 Å². The van der Waals surface area contributed by atoms with Gasteiger partial charge in [0.25, 0.3) is 0 Å². The summed E-state index contributed by atoms with van der Waals surface area (Å²) in [5, 5.41) is 2.99. The molecule has 1 aliphatic heterocycles. The maximum absolute atomic E-state index is 13.1. The highest BCUT2D eigenvalue weighted by atomic mass is 32.2. The van der Waals surface area contributed by atoms with E-state index in [0.29, 0.717) is 31.9 Å². The zero-order valence-electron chi connectivity index (χ0n) is 17.1.